The Morgan fingerprint density at radius 2 is 1.74 bits per heavy atom. The summed E-state index contributed by atoms with van der Waals surface area (Å²) in [5, 5.41) is 11.4. The van der Waals surface area contributed by atoms with Crippen molar-refractivity contribution in [2.24, 2.45) is 0 Å². The largest absolute Gasteiger partial charge is 0.507 e. The van der Waals surface area contributed by atoms with Gasteiger partial charge in [0.05, 0.1) is 25.8 Å². The lowest BCUT2D eigenvalue weighted by molar-refractivity contribution is -0.140. The van der Waals surface area contributed by atoms with Gasteiger partial charge in [-0.05, 0) is 54.8 Å². The molecule has 2 aromatic carbocycles. The number of aryl methyl sites for hydroxylation is 2. The number of ketones is 1. The van der Waals surface area contributed by atoms with Crippen molar-refractivity contribution in [1.29, 1.82) is 0 Å². The van der Waals surface area contributed by atoms with Gasteiger partial charge in [0.15, 0.2) is 0 Å². The van der Waals surface area contributed by atoms with Crippen molar-refractivity contribution in [2.45, 2.75) is 26.4 Å². The number of benzene rings is 2. The molecular weight excluding hydrogens is 432 g/mol. The Kier molecular flexibility index (Phi) is 6.36. The first kappa shape index (κ1) is 23.0. The number of ether oxygens (including phenoxy) is 2. The van der Waals surface area contributed by atoms with Crippen LogP contribution < -0.4 is 9.47 Å². The normalized spacial score (nSPS) is 17.2. The van der Waals surface area contributed by atoms with Gasteiger partial charge in [-0.1, -0.05) is 24.3 Å². The van der Waals surface area contributed by atoms with Gasteiger partial charge in [-0.15, -0.1) is 0 Å². The van der Waals surface area contributed by atoms with E-state index in [2.05, 4.69) is 4.98 Å². The Bertz CT molecular complexity index is 1280. The summed E-state index contributed by atoms with van der Waals surface area (Å²) < 4.78 is 10.9. The molecule has 34 heavy (non-hydrogen) atoms. The number of rotatable bonds is 6. The molecule has 2 heterocycles. The Balaban J connectivity index is 1.94. The van der Waals surface area contributed by atoms with E-state index in [0.29, 0.717) is 22.6 Å². The third-order valence-corrected chi connectivity index (χ3v) is 6.05. The third-order valence-electron chi connectivity index (χ3n) is 6.05. The second-order valence-corrected chi connectivity index (χ2v) is 8.17. The predicted octanol–water partition coefficient (Wildman–Crippen LogP) is 4.34. The van der Waals surface area contributed by atoms with Gasteiger partial charge in [0.2, 0.25) is 0 Å². The molecule has 1 aromatic heterocycles. The fourth-order valence-corrected chi connectivity index (χ4v) is 4.36. The molecule has 174 valence electrons. The number of Topliss-reactive ketones (excluding diaryl/α,β-unsaturated/α-hetero) is 1. The monoisotopic (exact) mass is 458 g/mol. The molecule has 1 aliphatic heterocycles. The van der Waals surface area contributed by atoms with Crippen LogP contribution in [0, 0.1) is 13.8 Å². The summed E-state index contributed by atoms with van der Waals surface area (Å²) in [5.41, 5.74) is 3.38. The number of methoxy groups -OCH3 is 2. The highest BCUT2D eigenvalue weighted by Gasteiger charge is 2.47. The minimum atomic E-state index is -0.835. The van der Waals surface area contributed by atoms with Crippen LogP contribution in [0.15, 0.2) is 66.5 Å². The lowest BCUT2D eigenvalue weighted by atomic mass is 9.92. The summed E-state index contributed by atoms with van der Waals surface area (Å²) >= 11 is 0. The number of carbonyl (C=O) groups excluding carboxylic acids is 2. The number of aromatic nitrogens is 1. The van der Waals surface area contributed by atoms with Crippen molar-refractivity contribution in [1.82, 2.24) is 9.88 Å². The maximum Gasteiger partial charge on any atom is 0.295 e. The number of amides is 1. The predicted molar refractivity (Wildman–Crippen MR) is 128 cm³/mol. The van der Waals surface area contributed by atoms with E-state index < -0.39 is 17.7 Å². The van der Waals surface area contributed by atoms with E-state index >= 15 is 0 Å². The second kappa shape index (κ2) is 9.39. The van der Waals surface area contributed by atoms with Gasteiger partial charge in [0, 0.05) is 30.1 Å². The SMILES string of the molecule is COc1cc(C)c(/C(O)=C2\C(=O)C(=O)N(Cc3cccnc3)C2c2ccccc2OC)cc1C. The Morgan fingerprint density at radius 1 is 1.00 bits per heavy atom. The van der Waals surface area contributed by atoms with Crippen molar-refractivity contribution in [3.05, 3.63) is 94.3 Å². The number of aliphatic hydroxyl groups is 1. The van der Waals surface area contributed by atoms with E-state index in [1.165, 1.54) is 12.0 Å². The van der Waals surface area contributed by atoms with Gasteiger partial charge in [-0.25, -0.2) is 0 Å². The highest BCUT2D eigenvalue weighted by atomic mass is 16.5. The van der Waals surface area contributed by atoms with Crippen LogP contribution in [-0.2, 0) is 16.1 Å². The summed E-state index contributed by atoms with van der Waals surface area (Å²) in [6.45, 7) is 3.83. The van der Waals surface area contributed by atoms with Crippen LogP contribution in [0.3, 0.4) is 0 Å². The van der Waals surface area contributed by atoms with Crippen LogP contribution in [0.2, 0.25) is 0 Å². The first-order valence-corrected chi connectivity index (χ1v) is 10.8. The van der Waals surface area contributed by atoms with Crippen molar-refractivity contribution >= 4 is 17.4 Å². The van der Waals surface area contributed by atoms with Crippen LogP contribution in [0.4, 0.5) is 0 Å². The molecule has 4 rings (SSSR count). The van der Waals surface area contributed by atoms with Gasteiger partial charge in [-0.3, -0.25) is 14.6 Å². The maximum absolute atomic E-state index is 13.3. The van der Waals surface area contributed by atoms with Crippen molar-refractivity contribution < 1.29 is 24.2 Å². The zero-order valence-corrected chi connectivity index (χ0v) is 19.5. The van der Waals surface area contributed by atoms with E-state index in [4.69, 9.17) is 9.47 Å². The highest BCUT2D eigenvalue weighted by molar-refractivity contribution is 6.46. The van der Waals surface area contributed by atoms with Crippen molar-refractivity contribution in [3.8, 4) is 11.5 Å². The minimum absolute atomic E-state index is 0.0195. The zero-order valence-electron chi connectivity index (χ0n) is 19.5. The van der Waals surface area contributed by atoms with Gasteiger partial charge >= 0.3 is 0 Å². The lowest BCUT2D eigenvalue weighted by Gasteiger charge is -2.26. The number of hydrogen-bond donors (Lipinski definition) is 1. The Morgan fingerprint density at radius 3 is 2.41 bits per heavy atom. The Labute approximate surface area is 198 Å². The molecule has 1 fully saturated rings. The molecule has 1 amide bonds. The molecule has 3 aromatic rings. The highest BCUT2D eigenvalue weighted by Crippen LogP contribution is 2.44. The molecule has 0 spiro atoms. The fraction of sp³-hybridized carbons (Fsp3) is 0.222. The van der Waals surface area contributed by atoms with Crippen molar-refractivity contribution in [2.75, 3.05) is 14.2 Å². The minimum Gasteiger partial charge on any atom is -0.507 e. The summed E-state index contributed by atoms with van der Waals surface area (Å²) in [4.78, 5) is 32.1. The second-order valence-electron chi connectivity index (χ2n) is 8.17. The van der Waals surface area contributed by atoms with Crippen molar-refractivity contribution in [3.63, 3.8) is 0 Å². The molecule has 0 radical (unpaired) electrons. The van der Waals surface area contributed by atoms with Crippen LogP contribution >= 0.6 is 0 Å². The average molecular weight is 459 g/mol. The number of para-hydroxylation sites is 1. The van der Waals surface area contributed by atoms with Crippen LogP contribution in [0.1, 0.15) is 33.9 Å². The number of hydrogen-bond acceptors (Lipinski definition) is 6. The molecule has 0 aliphatic carbocycles. The summed E-state index contributed by atoms with van der Waals surface area (Å²) in [7, 11) is 3.11. The molecule has 1 saturated heterocycles. The molecular formula is C27H26N2O5. The van der Waals surface area contributed by atoms with Gasteiger partial charge < -0.3 is 19.5 Å². The van der Waals surface area contributed by atoms with Gasteiger partial charge in [0.1, 0.15) is 17.3 Å². The molecule has 0 bridgehead atoms. The smallest absolute Gasteiger partial charge is 0.295 e. The zero-order chi connectivity index (χ0) is 24.4. The molecule has 7 nitrogen and oxygen atoms in total. The third kappa shape index (κ3) is 4.01. The summed E-state index contributed by atoms with van der Waals surface area (Å²) in [6.07, 6.45) is 3.29. The number of pyridine rings is 1. The first-order chi connectivity index (χ1) is 16.4. The van der Waals surface area contributed by atoms with Crippen LogP contribution in [0.5, 0.6) is 11.5 Å². The quantitative estimate of drug-likeness (QED) is 0.336. The first-order valence-electron chi connectivity index (χ1n) is 10.8. The molecule has 1 aliphatic rings. The van der Waals surface area contributed by atoms with E-state index in [9.17, 15) is 14.7 Å². The van der Waals surface area contributed by atoms with Crippen LogP contribution in [0.25, 0.3) is 5.76 Å². The maximum atomic E-state index is 13.3. The van der Waals surface area contributed by atoms with E-state index in [0.717, 1.165) is 16.7 Å². The topological polar surface area (TPSA) is 89.0 Å². The van der Waals surface area contributed by atoms with Gasteiger partial charge in [-0.2, -0.15) is 0 Å². The molecule has 1 atom stereocenters. The fourth-order valence-electron chi connectivity index (χ4n) is 4.36. The average Bonchev–Trinajstić information content (AvgIpc) is 3.10. The molecule has 7 heteroatoms. The van der Waals surface area contributed by atoms with E-state index in [-0.39, 0.29) is 17.9 Å². The molecule has 1 N–H and O–H groups in total. The number of aliphatic hydroxyl groups excluding tert-OH is 1. The summed E-state index contributed by atoms with van der Waals surface area (Å²) in [6, 6.07) is 13.5. The van der Waals surface area contributed by atoms with E-state index in [1.54, 1.807) is 49.8 Å². The van der Waals surface area contributed by atoms with E-state index in [1.807, 2.05) is 32.0 Å². The Hall–Kier alpha value is -4.13. The number of nitrogens with zero attached hydrogens (tertiary/aromatic N) is 2. The number of likely N-dealkylation sites (tertiary alicyclic amines) is 1. The summed E-state index contributed by atoms with van der Waals surface area (Å²) in [5.74, 6) is -0.480. The molecule has 0 saturated carbocycles. The lowest BCUT2D eigenvalue weighted by Crippen LogP contribution is -2.29. The standard InChI is InChI=1S/C27H26N2O5/c1-16-13-22(34-4)17(2)12-20(16)25(30)23-24(19-9-5-6-10-21(19)33-3)29(27(32)26(23)31)15-18-8-7-11-28-14-18/h5-14,24,30H,15H2,1-4H3/b25-23+. The van der Waals surface area contributed by atoms with Crippen LogP contribution in [-0.4, -0.2) is 40.9 Å². The number of carbonyl (C=O) groups is 2. The molecule has 1 unspecified atom stereocenters. The van der Waals surface area contributed by atoms with Gasteiger partial charge in [0.25, 0.3) is 11.7 Å².